The van der Waals surface area contributed by atoms with Gasteiger partial charge in [-0.3, -0.25) is 0 Å². The summed E-state index contributed by atoms with van der Waals surface area (Å²) >= 11 is 0. The molecule has 3 nitrogen and oxygen atoms in total. The van der Waals surface area contributed by atoms with Crippen molar-refractivity contribution in [1.29, 1.82) is 0 Å². The van der Waals surface area contributed by atoms with Gasteiger partial charge in [0.15, 0.2) is 0 Å². The summed E-state index contributed by atoms with van der Waals surface area (Å²) < 4.78 is 7.53. The molecule has 3 heteroatoms. The van der Waals surface area contributed by atoms with E-state index in [0.717, 1.165) is 5.75 Å². The third-order valence-electron chi connectivity index (χ3n) is 3.43. The molecule has 1 aromatic carbocycles. The maximum absolute atomic E-state index is 6.05. The highest BCUT2D eigenvalue weighted by Gasteiger charge is 2.16. The first kappa shape index (κ1) is 12.0. The van der Waals surface area contributed by atoms with E-state index in [2.05, 4.69) is 37.6 Å². The van der Waals surface area contributed by atoms with Crippen LogP contribution in [-0.4, -0.2) is 11.7 Å². The van der Waals surface area contributed by atoms with Crippen molar-refractivity contribution >= 4 is 10.9 Å². The summed E-state index contributed by atoms with van der Waals surface area (Å²) in [7, 11) is 3.78. The van der Waals surface area contributed by atoms with Gasteiger partial charge in [-0.15, -0.1) is 0 Å². The number of benzene rings is 1. The van der Waals surface area contributed by atoms with Crippen molar-refractivity contribution < 1.29 is 4.74 Å². The van der Waals surface area contributed by atoms with E-state index in [0.29, 0.717) is 0 Å². The lowest BCUT2D eigenvalue weighted by Gasteiger charge is -2.09. The first-order valence-corrected chi connectivity index (χ1v) is 5.86. The molecule has 0 aliphatic rings. The number of aromatic nitrogens is 1. The van der Waals surface area contributed by atoms with E-state index in [-0.39, 0.29) is 6.04 Å². The van der Waals surface area contributed by atoms with Crippen molar-refractivity contribution in [1.82, 2.24) is 4.57 Å². The van der Waals surface area contributed by atoms with Gasteiger partial charge in [0.25, 0.3) is 0 Å². The summed E-state index contributed by atoms with van der Waals surface area (Å²) in [6.07, 6.45) is 0. The fourth-order valence-corrected chi connectivity index (χ4v) is 2.75. The molecule has 0 saturated heterocycles. The molecule has 0 radical (unpaired) electrons. The summed E-state index contributed by atoms with van der Waals surface area (Å²) in [5.41, 5.74) is 11.0. The first-order chi connectivity index (χ1) is 7.97. The van der Waals surface area contributed by atoms with Crippen LogP contribution in [0.1, 0.15) is 29.8 Å². The van der Waals surface area contributed by atoms with E-state index >= 15 is 0 Å². The molecule has 17 heavy (non-hydrogen) atoms. The molecule has 0 saturated carbocycles. The molecular weight excluding hydrogens is 212 g/mol. The minimum atomic E-state index is 0.0396. The summed E-state index contributed by atoms with van der Waals surface area (Å²) in [4.78, 5) is 0. The highest BCUT2D eigenvalue weighted by atomic mass is 16.5. The van der Waals surface area contributed by atoms with Crippen molar-refractivity contribution in [2.75, 3.05) is 7.11 Å². The molecule has 2 aromatic rings. The first-order valence-electron chi connectivity index (χ1n) is 5.86. The van der Waals surface area contributed by atoms with Gasteiger partial charge >= 0.3 is 0 Å². The van der Waals surface area contributed by atoms with Gasteiger partial charge in [0.05, 0.1) is 12.6 Å². The second-order valence-corrected chi connectivity index (χ2v) is 4.70. The smallest absolute Gasteiger partial charge is 0.119 e. The second kappa shape index (κ2) is 4.08. The Bertz CT molecular complexity index is 567. The lowest BCUT2D eigenvalue weighted by Crippen LogP contribution is -2.11. The van der Waals surface area contributed by atoms with Crippen LogP contribution in [0.25, 0.3) is 10.9 Å². The number of ether oxygens (including phenoxy) is 1. The van der Waals surface area contributed by atoms with Crippen LogP contribution in [0.5, 0.6) is 5.75 Å². The Hall–Kier alpha value is -1.48. The number of aryl methyl sites for hydroxylation is 3. The number of nitrogens with zero attached hydrogens (tertiary/aromatic N) is 1. The molecule has 0 bridgehead atoms. The Balaban J connectivity index is 2.87. The molecule has 92 valence electrons. The molecule has 2 N–H and O–H groups in total. The van der Waals surface area contributed by atoms with Gasteiger partial charge in [0.1, 0.15) is 5.75 Å². The Morgan fingerprint density at radius 2 is 1.94 bits per heavy atom. The van der Waals surface area contributed by atoms with Crippen LogP contribution in [0.15, 0.2) is 12.1 Å². The average Bonchev–Trinajstić information content (AvgIpc) is 2.51. The van der Waals surface area contributed by atoms with Crippen molar-refractivity contribution in [3.63, 3.8) is 0 Å². The maximum atomic E-state index is 6.05. The van der Waals surface area contributed by atoms with Crippen molar-refractivity contribution in [2.24, 2.45) is 12.8 Å². The Morgan fingerprint density at radius 1 is 1.29 bits per heavy atom. The zero-order chi connectivity index (χ0) is 12.7. The van der Waals surface area contributed by atoms with Crippen LogP contribution in [0.4, 0.5) is 0 Å². The summed E-state index contributed by atoms with van der Waals surface area (Å²) in [5.74, 6) is 0.903. The van der Waals surface area contributed by atoms with E-state index in [1.165, 1.54) is 27.7 Å². The maximum Gasteiger partial charge on any atom is 0.119 e. The molecule has 0 aliphatic carbocycles. The minimum absolute atomic E-state index is 0.0396. The van der Waals surface area contributed by atoms with Crippen LogP contribution >= 0.6 is 0 Å². The Labute approximate surface area is 102 Å². The predicted octanol–water partition coefficient (Wildman–Crippen LogP) is 2.82. The van der Waals surface area contributed by atoms with Crippen LogP contribution in [0.3, 0.4) is 0 Å². The molecule has 0 aliphatic heterocycles. The monoisotopic (exact) mass is 232 g/mol. The topological polar surface area (TPSA) is 40.2 Å². The third kappa shape index (κ3) is 1.71. The van der Waals surface area contributed by atoms with Crippen LogP contribution in [0.2, 0.25) is 0 Å². The van der Waals surface area contributed by atoms with Gasteiger partial charge in [0, 0.05) is 24.2 Å². The van der Waals surface area contributed by atoms with E-state index in [1.807, 2.05) is 6.92 Å². The van der Waals surface area contributed by atoms with E-state index in [9.17, 15) is 0 Å². The molecule has 0 fully saturated rings. The number of nitrogens with two attached hydrogens (primary N) is 1. The number of fused-ring (bicyclic) bond motifs is 1. The largest absolute Gasteiger partial charge is 0.497 e. The number of methoxy groups -OCH3 is 1. The standard InChI is InChI=1S/C14H20N2O/c1-8-6-11(17-5)7-12-9(2)14(10(3)15)16(4)13(8)12/h6-7,10H,15H2,1-5H3. The molecule has 0 amide bonds. The van der Waals surface area contributed by atoms with Crippen LogP contribution in [-0.2, 0) is 7.05 Å². The number of rotatable bonds is 2. The SMILES string of the molecule is COc1cc(C)c2c(c1)c(C)c(C(C)N)n2C. The highest BCUT2D eigenvalue weighted by Crippen LogP contribution is 2.33. The quantitative estimate of drug-likeness (QED) is 0.865. The van der Waals surface area contributed by atoms with Crippen LogP contribution < -0.4 is 10.5 Å². The van der Waals surface area contributed by atoms with Crippen molar-refractivity contribution in [2.45, 2.75) is 26.8 Å². The van der Waals surface area contributed by atoms with E-state index in [4.69, 9.17) is 10.5 Å². The predicted molar refractivity (Wildman–Crippen MR) is 71.5 cm³/mol. The molecule has 1 aromatic heterocycles. The van der Waals surface area contributed by atoms with Gasteiger partial charge in [-0.05, 0) is 44.0 Å². The zero-order valence-corrected chi connectivity index (χ0v) is 11.2. The normalized spacial score (nSPS) is 13.1. The lowest BCUT2D eigenvalue weighted by molar-refractivity contribution is 0.415. The zero-order valence-electron chi connectivity index (χ0n) is 11.2. The second-order valence-electron chi connectivity index (χ2n) is 4.70. The Kier molecular flexibility index (Phi) is 2.87. The molecule has 1 unspecified atom stereocenters. The average molecular weight is 232 g/mol. The van der Waals surface area contributed by atoms with E-state index < -0.39 is 0 Å². The number of hydrogen-bond donors (Lipinski definition) is 1. The molecule has 0 spiro atoms. The van der Waals surface area contributed by atoms with Gasteiger partial charge in [-0.1, -0.05) is 0 Å². The lowest BCUT2D eigenvalue weighted by atomic mass is 10.1. The molecule has 1 atom stereocenters. The molecule has 2 rings (SSSR count). The van der Waals surface area contributed by atoms with Gasteiger partial charge < -0.3 is 15.0 Å². The molecular formula is C14H20N2O. The van der Waals surface area contributed by atoms with Crippen molar-refractivity contribution in [3.05, 3.63) is 29.0 Å². The summed E-state index contributed by atoms with van der Waals surface area (Å²) in [6.45, 7) is 6.25. The summed E-state index contributed by atoms with van der Waals surface area (Å²) in [6, 6.07) is 4.19. The highest BCUT2D eigenvalue weighted by molar-refractivity contribution is 5.89. The van der Waals surface area contributed by atoms with Gasteiger partial charge in [-0.25, -0.2) is 0 Å². The number of hydrogen-bond acceptors (Lipinski definition) is 2. The fraction of sp³-hybridized carbons (Fsp3) is 0.429. The molecule has 1 heterocycles. The fourth-order valence-electron chi connectivity index (χ4n) is 2.75. The van der Waals surface area contributed by atoms with E-state index in [1.54, 1.807) is 7.11 Å². The third-order valence-corrected chi connectivity index (χ3v) is 3.43. The van der Waals surface area contributed by atoms with Gasteiger partial charge in [-0.2, -0.15) is 0 Å². The minimum Gasteiger partial charge on any atom is -0.497 e. The van der Waals surface area contributed by atoms with Crippen LogP contribution in [0, 0.1) is 13.8 Å². The Morgan fingerprint density at radius 3 is 2.47 bits per heavy atom. The summed E-state index contributed by atoms with van der Waals surface area (Å²) in [5, 5.41) is 1.23. The van der Waals surface area contributed by atoms with Crippen molar-refractivity contribution in [3.8, 4) is 5.75 Å². The van der Waals surface area contributed by atoms with Gasteiger partial charge in [0.2, 0.25) is 0 Å².